The van der Waals surface area contributed by atoms with E-state index in [0.717, 1.165) is 70.2 Å². The number of amides is 2. The molecule has 1 aromatic rings. The largest absolute Gasteiger partial charge is 0.494 e. The van der Waals surface area contributed by atoms with Crippen molar-refractivity contribution in [3.8, 4) is 5.75 Å². The summed E-state index contributed by atoms with van der Waals surface area (Å²) in [6.07, 6.45) is 7.76. The van der Waals surface area contributed by atoms with Gasteiger partial charge in [-0.25, -0.2) is 0 Å². The molecule has 0 radical (unpaired) electrons. The molecular weight excluding hydrogens is 468 g/mol. The zero-order valence-corrected chi connectivity index (χ0v) is 22.7. The fourth-order valence-electron chi connectivity index (χ4n) is 7.88. The summed E-state index contributed by atoms with van der Waals surface area (Å²) in [5.74, 6) is 2.85. The van der Waals surface area contributed by atoms with Gasteiger partial charge in [0.1, 0.15) is 5.75 Å². The van der Waals surface area contributed by atoms with E-state index >= 15 is 0 Å². The van der Waals surface area contributed by atoms with Gasteiger partial charge in [-0.05, 0) is 113 Å². The average Bonchev–Trinajstić information content (AvgIpc) is 2.87. The molecule has 7 nitrogen and oxygen atoms in total. The van der Waals surface area contributed by atoms with E-state index < -0.39 is 11.0 Å². The van der Waals surface area contributed by atoms with E-state index in [1.54, 1.807) is 13.8 Å². The number of likely N-dealkylation sites (tertiary alicyclic amines) is 1. The summed E-state index contributed by atoms with van der Waals surface area (Å²) in [4.78, 5) is 29.7. The van der Waals surface area contributed by atoms with Gasteiger partial charge in [0, 0.05) is 31.7 Å². The highest BCUT2D eigenvalue weighted by Crippen LogP contribution is 2.56. The summed E-state index contributed by atoms with van der Waals surface area (Å²) in [6, 6.07) is 7.74. The van der Waals surface area contributed by atoms with E-state index in [1.165, 1.54) is 0 Å². The Kier molecular flexibility index (Phi) is 7.31. The number of nitrogens with zero attached hydrogens (tertiary/aromatic N) is 2. The molecule has 6 rings (SSSR count). The van der Waals surface area contributed by atoms with Crippen molar-refractivity contribution in [2.75, 3.05) is 33.4 Å². The number of carbonyl (C=O) groups excluding carboxylic acids is 2. The topological polar surface area (TPSA) is 90.3 Å². The predicted octanol–water partition coefficient (Wildman–Crippen LogP) is 3.72. The van der Waals surface area contributed by atoms with Crippen molar-refractivity contribution in [2.24, 2.45) is 29.1 Å². The van der Waals surface area contributed by atoms with Crippen LogP contribution in [0.2, 0.25) is 0 Å². The van der Waals surface area contributed by atoms with Crippen molar-refractivity contribution in [1.29, 1.82) is 0 Å². The Balaban J connectivity index is 1.08. The first-order valence-electron chi connectivity index (χ1n) is 14.2. The number of hydrogen-bond donors (Lipinski definition) is 2. The number of carbonyl (C=O) groups is 2. The third-order valence-corrected chi connectivity index (χ3v) is 9.73. The van der Waals surface area contributed by atoms with Gasteiger partial charge in [0.15, 0.2) is 0 Å². The first-order chi connectivity index (χ1) is 17.6. The van der Waals surface area contributed by atoms with E-state index in [2.05, 4.69) is 0 Å². The van der Waals surface area contributed by atoms with Gasteiger partial charge in [0.25, 0.3) is 5.91 Å². The van der Waals surface area contributed by atoms with Crippen LogP contribution in [0, 0.1) is 29.1 Å². The molecule has 4 bridgehead atoms. The fourth-order valence-corrected chi connectivity index (χ4v) is 7.88. The van der Waals surface area contributed by atoms with Gasteiger partial charge in [0.05, 0.1) is 24.2 Å². The number of ether oxygens (including phenoxy) is 1. The first kappa shape index (κ1) is 26.5. The molecule has 5 fully saturated rings. The second-order valence-corrected chi connectivity index (χ2v) is 13.0. The molecule has 2 amide bonds. The molecule has 5 aliphatic rings. The maximum absolute atomic E-state index is 13.3. The minimum absolute atomic E-state index is 0.0330. The van der Waals surface area contributed by atoms with Crippen LogP contribution in [-0.2, 0) is 4.79 Å². The van der Waals surface area contributed by atoms with Crippen molar-refractivity contribution < 1.29 is 24.5 Å². The van der Waals surface area contributed by atoms with Crippen LogP contribution in [-0.4, -0.2) is 76.8 Å². The van der Waals surface area contributed by atoms with Gasteiger partial charge >= 0.3 is 0 Å². The second-order valence-electron chi connectivity index (χ2n) is 13.0. The number of aliphatic hydroxyl groups excluding tert-OH is 1. The molecule has 37 heavy (non-hydrogen) atoms. The van der Waals surface area contributed by atoms with E-state index in [0.29, 0.717) is 35.8 Å². The maximum Gasteiger partial charge on any atom is 0.253 e. The Morgan fingerprint density at radius 1 is 1.08 bits per heavy atom. The summed E-state index contributed by atoms with van der Waals surface area (Å²) in [7, 11) is 1.94. The molecule has 1 aliphatic heterocycles. The van der Waals surface area contributed by atoms with E-state index in [1.807, 2.05) is 41.1 Å². The average molecular weight is 513 g/mol. The molecule has 0 spiro atoms. The SMILES string of the molecule is CN(C(=O)c1ccc(OCCC2CCN(C(=O)C(C)(C)CO)CC2)cc1)C1C2CC3CC1CC(O)(C3)C2. The zero-order chi connectivity index (χ0) is 26.4. The third-order valence-electron chi connectivity index (χ3n) is 9.73. The summed E-state index contributed by atoms with van der Waals surface area (Å²) < 4.78 is 5.99. The molecule has 4 aliphatic carbocycles. The predicted molar refractivity (Wildman–Crippen MR) is 141 cm³/mol. The monoisotopic (exact) mass is 512 g/mol. The highest BCUT2D eigenvalue weighted by atomic mass is 16.5. The van der Waals surface area contributed by atoms with Gasteiger partial charge in [-0.3, -0.25) is 9.59 Å². The van der Waals surface area contributed by atoms with Gasteiger partial charge in [-0.15, -0.1) is 0 Å². The molecule has 2 atom stereocenters. The molecule has 1 aromatic carbocycles. The smallest absolute Gasteiger partial charge is 0.253 e. The van der Waals surface area contributed by atoms with Gasteiger partial charge in [-0.1, -0.05) is 0 Å². The molecular formula is C30H44N2O5. The normalized spacial score (nSPS) is 31.4. The number of hydrogen-bond acceptors (Lipinski definition) is 5. The first-order valence-corrected chi connectivity index (χ1v) is 14.2. The van der Waals surface area contributed by atoms with Crippen LogP contribution >= 0.6 is 0 Å². The Bertz CT molecular complexity index is 968. The number of benzene rings is 1. The molecule has 1 heterocycles. The fraction of sp³-hybridized carbons (Fsp3) is 0.733. The minimum Gasteiger partial charge on any atom is -0.494 e. The van der Waals surface area contributed by atoms with Crippen LogP contribution in [0.25, 0.3) is 0 Å². The van der Waals surface area contributed by atoms with E-state index in [4.69, 9.17) is 4.74 Å². The molecule has 7 heteroatoms. The van der Waals surface area contributed by atoms with Crippen molar-refractivity contribution in [3.63, 3.8) is 0 Å². The highest BCUT2D eigenvalue weighted by Gasteiger charge is 2.56. The summed E-state index contributed by atoms with van der Waals surface area (Å²) in [5.41, 5.74) is -0.512. The highest BCUT2D eigenvalue weighted by molar-refractivity contribution is 5.94. The van der Waals surface area contributed by atoms with Crippen LogP contribution in [0.4, 0.5) is 0 Å². The minimum atomic E-state index is -0.712. The summed E-state index contributed by atoms with van der Waals surface area (Å²) in [6.45, 7) is 5.54. The third kappa shape index (κ3) is 5.40. The number of rotatable bonds is 8. The Hall–Kier alpha value is -2.12. The molecule has 1 saturated heterocycles. The molecule has 0 aromatic heterocycles. The van der Waals surface area contributed by atoms with Crippen LogP contribution in [0.1, 0.15) is 75.6 Å². The lowest BCUT2D eigenvalue weighted by Gasteiger charge is -2.59. The number of aliphatic hydroxyl groups is 2. The summed E-state index contributed by atoms with van der Waals surface area (Å²) in [5, 5.41) is 20.3. The van der Waals surface area contributed by atoms with Crippen LogP contribution < -0.4 is 4.74 Å². The van der Waals surface area contributed by atoms with Crippen molar-refractivity contribution in [1.82, 2.24) is 9.80 Å². The van der Waals surface area contributed by atoms with Gasteiger partial charge < -0.3 is 24.7 Å². The quantitative estimate of drug-likeness (QED) is 0.554. The van der Waals surface area contributed by atoms with E-state index in [9.17, 15) is 19.8 Å². The van der Waals surface area contributed by atoms with Crippen LogP contribution in [0.15, 0.2) is 24.3 Å². The standard InChI is InChI=1S/C30H44N2O5/c1-29(2,19-33)28(35)32-11-8-20(9-12-32)10-13-37-25-6-4-22(5-7-25)27(34)31(3)26-23-14-21-15-24(26)18-30(36,16-21)17-23/h4-7,20-21,23-24,26,33,36H,8-19H2,1-3H3. The van der Waals surface area contributed by atoms with Crippen molar-refractivity contribution >= 4 is 11.8 Å². The van der Waals surface area contributed by atoms with Crippen molar-refractivity contribution in [3.05, 3.63) is 29.8 Å². The molecule has 2 unspecified atom stereocenters. The Labute approximate surface area is 221 Å². The second kappa shape index (κ2) is 10.2. The summed E-state index contributed by atoms with van der Waals surface area (Å²) >= 11 is 0. The molecule has 2 N–H and O–H groups in total. The lowest BCUT2D eigenvalue weighted by molar-refractivity contribution is -0.152. The van der Waals surface area contributed by atoms with Gasteiger partial charge in [-0.2, -0.15) is 0 Å². The Morgan fingerprint density at radius 2 is 1.70 bits per heavy atom. The van der Waals surface area contributed by atoms with Crippen LogP contribution in [0.5, 0.6) is 5.75 Å². The lowest BCUT2D eigenvalue weighted by Crippen LogP contribution is -2.61. The number of piperidine rings is 1. The molecule has 204 valence electrons. The van der Waals surface area contributed by atoms with E-state index in [-0.39, 0.29) is 24.5 Å². The van der Waals surface area contributed by atoms with Crippen molar-refractivity contribution in [2.45, 2.75) is 76.9 Å². The van der Waals surface area contributed by atoms with Gasteiger partial charge in [0.2, 0.25) is 5.91 Å². The Morgan fingerprint density at radius 3 is 2.27 bits per heavy atom. The van der Waals surface area contributed by atoms with Crippen LogP contribution in [0.3, 0.4) is 0 Å². The molecule has 4 saturated carbocycles. The lowest BCUT2D eigenvalue weighted by atomic mass is 9.52. The maximum atomic E-state index is 13.3. The zero-order valence-electron chi connectivity index (χ0n) is 22.7.